The SMILES string of the molecule is Fc1cccc(F)c1Nc1nncc(Nc2ccccc2)n1. The van der Waals surface area contributed by atoms with Gasteiger partial charge in [-0.1, -0.05) is 24.3 Å². The zero-order valence-corrected chi connectivity index (χ0v) is 11.3. The summed E-state index contributed by atoms with van der Waals surface area (Å²) in [4.78, 5) is 4.12. The topological polar surface area (TPSA) is 62.7 Å². The van der Waals surface area contributed by atoms with E-state index in [0.29, 0.717) is 5.82 Å². The summed E-state index contributed by atoms with van der Waals surface area (Å²) in [5.41, 5.74) is 0.493. The first kappa shape index (κ1) is 13.9. The van der Waals surface area contributed by atoms with Gasteiger partial charge in [-0.15, -0.1) is 5.10 Å². The summed E-state index contributed by atoms with van der Waals surface area (Å²) in [6, 6.07) is 12.9. The van der Waals surface area contributed by atoms with Crippen molar-refractivity contribution in [1.29, 1.82) is 0 Å². The van der Waals surface area contributed by atoms with Crippen LogP contribution in [0, 0.1) is 11.6 Å². The molecule has 0 aliphatic carbocycles. The van der Waals surface area contributed by atoms with E-state index in [2.05, 4.69) is 25.8 Å². The van der Waals surface area contributed by atoms with Crippen LogP contribution in [0.2, 0.25) is 0 Å². The minimum absolute atomic E-state index is 0.00932. The standard InChI is InChI=1S/C15H11F2N5/c16-11-7-4-8-12(17)14(11)21-15-20-13(9-18-22-15)19-10-5-2-1-3-6-10/h1-9H,(H2,19,20,21,22). The van der Waals surface area contributed by atoms with Crippen molar-refractivity contribution >= 4 is 23.1 Å². The molecule has 0 aliphatic rings. The van der Waals surface area contributed by atoms with E-state index in [1.807, 2.05) is 30.3 Å². The maximum Gasteiger partial charge on any atom is 0.249 e. The Kier molecular flexibility index (Phi) is 3.86. The Labute approximate surface area is 125 Å². The molecule has 0 fully saturated rings. The van der Waals surface area contributed by atoms with Crippen molar-refractivity contribution in [3.8, 4) is 0 Å². The van der Waals surface area contributed by atoms with Gasteiger partial charge in [0.25, 0.3) is 0 Å². The molecule has 0 aliphatic heterocycles. The predicted molar refractivity (Wildman–Crippen MR) is 79.2 cm³/mol. The summed E-state index contributed by atoms with van der Waals surface area (Å²) in [5.74, 6) is -1.07. The van der Waals surface area contributed by atoms with Gasteiger partial charge in [-0.3, -0.25) is 0 Å². The number of anilines is 4. The number of hydrogen-bond acceptors (Lipinski definition) is 5. The van der Waals surface area contributed by atoms with Crippen LogP contribution < -0.4 is 10.6 Å². The molecule has 0 atom stereocenters. The van der Waals surface area contributed by atoms with Crippen molar-refractivity contribution in [3.05, 3.63) is 66.4 Å². The fourth-order valence-electron chi connectivity index (χ4n) is 1.82. The van der Waals surface area contributed by atoms with E-state index >= 15 is 0 Å². The lowest BCUT2D eigenvalue weighted by molar-refractivity contribution is 0.590. The summed E-state index contributed by atoms with van der Waals surface area (Å²) in [6.07, 6.45) is 1.41. The number of para-hydroxylation sites is 2. The third-order valence-corrected chi connectivity index (χ3v) is 2.80. The van der Waals surface area contributed by atoms with Gasteiger partial charge in [0.05, 0.1) is 6.20 Å². The highest BCUT2D eigenvalue weighted by Gasteiger charge is 2.10. The molecule has 5 nitrogen and oxygen atoms in total. The van der Waals surface area contributed by atoms with Gasteiger partial charge in [0.15, 0.2) is 5.82 Å². The second-order valence-corrected chi connectivity index (χ2v) is 4.38. The van der Waals surface area contributed by atoms with Gasteiger partial charge in [-0.2, -0.15) is 10.1 Å². The van der Waals surface area contributed by atoms with Crippen molar-refractivity contribution in [2.45, 2.75) is 0 Å². The van der Waals surface area contributed by atoms with Gasteiger partial charge in [-0.25, -0.2) is 8.78 Å². The first-order valence-electron chi connectivity index (χ1n) is 6.45. The third-order valence-electron chi connectivity index (χ3n) is 2.80. The van der Waals surface area contributed by atoms with Gasteiger partial charge in [0, 0.05) is 5.69 Å². The van der Waals surface area contributed by atoms with Crippen LogP contribution in [-0.2, 0) is 0 Å². The highest BCUT2D eigenvalue weighted by molar-refractivity contribution is 5.59. The molecule has 0 radical (unpaired) electrons. The summed E-state index contributed by atoms with van der Waals surface area (Å²) in [5, 5.41) is 13.0. The fraction of sp³-hybridized carbons (Fsp3) is 0. The quantitative estimate of drug-likeness (QED) is 0.770. The average Bonchev–Trinajstić information content (AvgIpc) is 2.53. The minimum Gasteiger partial charge on any atom is -0.339 e. The summed E-state index contributed by atoms with van der Waals surface area (Å²) >= 11 is 0. The summed E-state index contributed by atoms with van der Waals surface area (Å²) in [6.45, 7) is 0. The largest absolute Gasteiger partial charge is 0.339 e. The Morgan fingerprint density at radius 1 is 0.818 bits per heavy atom. The molecule has 2 N–H and O–H groups in total. The molecule has 7 heteroatoms. The molecule has 0 saturated heterocycles. The lowest BCUT2D eigenvalue weighted by Gasteiger charge is -2.08. The Bertz CT molecular complexity index is 760. The molecule has 0 saturated carbocycles. The van der Waals surface area contributed by atoms with E-state index in [1.165, 1.54) is 12.3 Å². The average molecular weight is 299 g/mol. The molecule has 3 aromatic rings. The zero-order valence-electron chi connectivity index (χ0n) is 11.3. The third kappa shape index (κ3) is 3.14. The van der Waals surface area contributed by atoms with E-state index in [-0.39, 0.29) is 11.6 Å². The van der Waals surface area contributed by atoms with Gasteiger partial charge >= 0.3 is 0 Å². The van der Waals surface area contributed by atoms with Crippen LogP contribution in [0.15, 0.2) is 54.7 Å². The molecule has 22 heavy (non-hydrogen) atoms. The molecule has 0 amide bonds. The Morgan fingerprint density at radius 2 is 1.55 bits per heavy atom. The molecular weight excluding hydrogens is 288 g/mol. The van der Waals surface area contributed by atoms with E-state index in [4.69, 9.17) is 0 Å². The van der Waals surface area contributed by atoms with Gasteiger partial charge in [0.2, 0.25) is 5.95 Å². The summed E-state index contributed by atoms with van der Waals surface area (Å²) < 4.78 is 27.2. The van der Waals surface area contributed by atoms with Crippen molar-refractivity contribution in [2.75, 3.05) is 10.6 Å². The Balaban J connectivity index is 1.82. The molecule has 0 unspecified atom stereocenters. The lowest BCUT2D eigenvalue weighted by atomic mass is 10.3. The van der Waals surface area contributed by atoms with Gasteiger partial charge in [-0.05, 0) is 24.3 Å². The highest BCUT2D eigenvalue weighted by atomic mass is 19.1. The summed E-state index contributed by atoms with van der Waals surface area (Å²) in [7, 11) is 0. The number of nitrogens with zero attached hydrogens (tertiary/aromatic N) is 3. The monoisotopic (exact) mass is 299 g/mol. The minimum atomic E-state index is -0.731. The number of nitrogens with one attached hydrogen (secondary N) is 2. The van der Waals surface area contributed by atoms with Gasteiger partial charge in [0.1, 0.15) is 17.3 Å². The molecular formula is C15H11F2N5. The lowest BCUT2D eigenvalue weighted by Crippen LogP contribution is -2.04. The normalized spacial score (nSPS) is 10.3. The van der Waals surface area contributed by atoms with Crippen LogP contribution in [0.1, 0.15) is 0 Å². The van der Waals surface area contributed by atoms with Crippen molar-refractivity contribution < 1.29 is 8.78 Å². The van der Waals surface area contributed by atoms with Crippen LogP contribution >= 0.6 is 0 Å². The van der Waals surface area contributed by atoms with E-state index in [0.717, 1.165) is 17.8 Å². The van der Waals surface area contributed by atoms with E-state index in [9.17, 15) is 8.78 Å². The van der Waals surface area contributed by atoms with Crippen molar-refractivity contribution in [1.82, 2.24) is 15.2 Å². The second-order valence-electron chi connectivity index (χ2n) is 4.38. The predicted octanol–water partition coefficient (Wildman–Crippen LogP) is 3.64. The molecule has 0 spiro atoms. The Morgan fingerprint density at radius 3 is 2.27 bits per heavy atom. The number of halogens is 2. The Hall–Kier alpha value is -3.09. The number of aromatic nitrogens is 3. The van der Waals surface area contributed by atoms with Crippen LogP contribution in [0.25, 0.3) is 0 Å². The van der Waals surface area contributed by atoms with Crippen LogP contribution in [0.4, 0.5) is 31.9 Å². The van der Waals surface area contributed by atoms with Crippen LogP contribution in [0.3, 0.4) is 0 Å². The molecule has 2 aromatic carbocycles. The molecule has 110 valence electrons. The molecule has 1 aromatic heterocycles. The zero-order chi connectivity index (χ0) is 15.4. The van der Waals surface area contributed by atoms with E-state index in [1.54, 1.807) is 0 Å². The highest BCUT2D eigenvalue weighted by Crippen LogP contribution is 2.21. The first-order chi connectivity index (χ1) is 10.7. The fourth-order valence-corrected chi connectivity index (χ4v) is 1.82. The first-order valence-corrected chi connectivity index (χ1v) is 6.45. The maximum absolute atomic E-state index is 13.6. The van der Waals surface area contributed by atoms with E-state index < -0.39 is 11.6 Å². The number of hydrogen-bond donors (Lipinski definition) is 2. The number of rotatable bonds is 4. The second kappa shape index (κ2) is 6.13. The van der Waals surface area contributed by atoms with Crippen molar-refractivity contribution in [2.24, 2.45) is 0 Å². The molecule has 1 heterocycles. The number of benzene rings is 2. The van der Waals surface area contributed by atoms with Crippen molar-refractivity contribution in [3.63, 3.8) is 0 Å². The maximum atomic E-state index is 13.6. The van der Waals surface area contributed by atoms with Gasteiger partial charge < -0.3 is 10.6 Å². The van der Waals surface area contributed by atoms with Crippen LogP contribution in [0.5, 0.6) is 0 Å². The smallest absolute Gasteiger partial charge is 0.249 e. The molecule has 3 rings (SSSR count). The van der Waals surface area contributed by atoms with Crippen LogP contribution in [-0.4, -0.2) is 15.2 Å². The molecule has 0 bridgehead atoms.